The Bertz CT molecular complexity index is 387. The molecule has 1 saturated heterocycles. The summed E-state index contributed by atoms with van der Waals surface area (Å²) in [4.78, 5) is 2.18. The van der Waals surface area contributed by atoms with Crippen LogP contribution in [-0.2, 0) is 4.74 Å². The minimum absolute atomic E-state index is 0.252. The van der Waals surface area contributed by atoms with Crippen molar-refractivity contribution in [1.82, 2.24) is 4.90 Å². The van der Waals surface area contributed by atoms with Crippen LogP contribution in [0.1, 0.15) is 5.56 Å². The standard InChI is InChI=1S/C14H20ClNO3/c1-11-3-2-4-13(15)14(11)19-10-12(17)9-16-5-7-18-8-6-16/h2-4,12,17H,5-10H2,1H3. The predicted octanol–water partition coefficient (Wildman–Crippen LogP) is 1.72. The first-order valence-corrected chi connectivity index (χ1v) is 6.90. The highest BCUT2D eigenvalue weighted by molar-refractivity contribution is 6.32. The van der Waals surface area contributed by atoms with E-state index in [4.69, 9.17) is 21.1 Å². The van der Waals surface area contributed by atoms with Crippen LogP contribution in [0, 0.1) is 6.92 Å². The van der Waals surface area contributed by atoms with E-state index in [1.165, 1.54) is 0 Å². The third-order valence-corrected chi connectivity index (χ3v) is 3.45. The fraction of sp³-hybridized carbons (Fsp3) is 0.571. The quantitative estimate of drug-likeness (QED) is 0.894. The van der Waals surface area contributed by atoms with Crippen molar-refractivity contribution >= 4 is 11.6 Å². The van der Waals surface area contributed by atoms with Gasteiger partial charge in [-0.25, -0.2) is 0 Å². The van der Waals surface area contributed by atoms with Crippen LogP contribution in [0.15, 0.2) is 18.2 Å². The first-order chi connectivity index (χ1) is 9.16. The molecule has 0 aliphatic carbocycles. The lowest BCUT2D eigenvalue weighted by atomic mass is 10.2. The summed E-state index contributed by atoms with van der Waals surface area (Å²) in [6, 6.07) is 5.61. The topological polar surface area (TPSA) is 41.9 Å². The molecule has 0 amide bonds. The van der Waals surface area contributed by atoms with Gasteiger partial charge in [0.05, 0.1) is 18.2 Å². The summed E-state index contributed by atoms with van der Waals surface area (Å²) < 4.78 is 10.9. The molecule has 0 bridgehead atoms. The van der Waals surface area contributed by atoms with Crippen LogP contribution < -0.4 is 4.74 Å². The van der Waals surface area contributed by atoms with Crippen molar-refractivity contribution in [3.05, 3.63) is 28.8 Å². The molecule has 106 valence electrons. The maximum absolute atomic E-state index is 9.99. The molecule has 0 aromatic heterocycles. The van der Waals surface area contributed by atoms with Gasteiger partial charge in [0, 0.05) is 19.6 Å². The van der Waals surface area contributed by atoms with Gasteiger partial charge in [0.2, 0.25) is 0 Å². The van der Waals surface area contributed by atoms with Crippen molar-refractivity contribution in [2.45, 2.75) is 13.0 Å². The number of aliphatic hydroxyl groups excluding tert-OH is 1. The Kier molecular flexibility index (Phi) is 5.45. The van der Waals surface area contributed by atoms with E-state index in [1.54, 1.807) is 6.07 Å². The second kappa shape index (κ2) is 7.10. The molecule has 2 rings (SSSR count). The summed E-state index contributed by atoms with van der Waals surface area (Å²) >= 11 is 6.07. The lowest BCUT2D eigenvalue weighted by Gasteiger charge is -2.28. The molecule has 1 aromatic carbocycles. The summed E-state index contributed by atoms with van der Waals surface area (Å²) in [5, 5.41) is 10.6. The van der Waals surface area contributed by atoms with Gasteiger partial charge in [-0.05, 0) is 18.6 Å². The summed E-state index contributed by atoms with van der Waals surface area (Å²) in [5.41, 5.74) is 0.978. The van der Waals surface area contributed by atoms with E-state index in [0.29, 0.717) is 17.3 Å². The van der Waals surface area contributed by atoms with E-state index < -0.39 is 6.10 Å². The first-order valence-electron chi connectivity index (χ1n) is 6.53. The zero-order chi connectivity index (χ0) is 13.7. The lowest BCUT2D eigenvalue weighted by molar-refractivity contribution is 0.00461. The van der Waals surface area contributed by atoms with Crippen molar-refractivity contribution in [2.75, 3.05) is 39.5 Å². The number of morpholine rings is 1. The van der Waals surface area contributed by atoms with Crippen molar-refractivity contribution in [3.63, 3.8) is 0 Å². The van der Waals surface area contributed by atoms with Gasteiger partial charge in [-0.3, -0.25) is 4.90 Å². The van der Waals surface area contributed by atoms with Crippen molar-refractivity contribution in [2.24, 2.45) is 0 Å². The molecule has 4 nitrogen and oxygen atoms in total. The lowest BCUT2D eigenvalue weighted by Crippen LogP contribution is -2.42. The second-order valence-electron chi connectivity index (χ2n) is 4.76. The average molecular weight is 286 g/mol. The summed E-state index contributed by atoms with van der Waals surface area (Å²) in [6.45, 7) is 5.99. The van der Waals surface area contributed by atoms with E-state index in [9.17, 15) is 5.11 Å². The number of hydrogen-bond donors (Lipinski definition) is 1. The Hall–Kier alpha value is -0.810. The van der Waals surface area contributed by atoms with Gasteiger partial charge in [0.1, 0.15) is 18.5 Å². The molecule has 1 heterocycles. The number of hydrogen-bond acceptors (Lipinski definition) is 4. The molecule has 5 heteroatoms. The number of aryl methyl sites for hydroxylation is 1. The number of ether oxygens (including phenoxy) is 2. The van der Waals surface area contributed by atoms with Crippen molar-refractivity contribution < 1.29 is 14.6 Å². The Morgan fingerprint density at radius 3 is 2.84 bits per heavy atom. The van der Waals surface area contributed by atoms with Crippen molar-refractivity contribution in [1.29, 1.82) is 0 Å². The number of para-hydroxylation sites is 1. The minimum atomic E-state index is -0.520. The molecule has 1 aliphatic rings. The van der Waals surface area contributed by atoms with Crippen LogP contribution in [0.25, 0.3) is 0 Å². The van der Waals surface area contributed by atoms with Gasteiger partial charge >= 0.3 is 0 Å². The van der Waals surface area contributed by atoms with Crippen LogP contribution >= 0.6 is 11.6 Å². The molecule has 1 fully saturated rings. The Balaban J connectivity index is 1.81. The van der Waals surface area contributed by atoms with Crippen LogP contribution in [-0.4, -0.2) is 55.6 Å². The van der Waals surface area contributed by atoms with Gasteiger partial charge in [0.25, 0.3) is 0 Å². The summed E-state index contributed by atoms with van der Waals surface area (Å²) in [7, 11) is 0. The van der Waals surface area contributed by atoms with Crippen LogP contribution in [0.4, 0.5) is 0 Å². The molecule has 0 radical (unpaired) electrons. The second-order valence-corrected chi connectivity index (χ2v) is 5.17. The Morgan fingerprint density at radius 1 is 1.42 bits per heavy atom. The molecular weight excluding hydrogens is 266 g/mol. The van der Waals surface area contributed by atoms with E-state index in [2.05, 4.69) is 4.90 Å². The zero-order valence-corrected chi connectivity index (χ0v) is 11.9. The normalized spacial score (nSPS) is 18.3. The van der Waals surface area contributed by atoms with E-state index >= 15 is 0 Å². The molecule has 1 atom stereocenters. The maximum Gasteiger partial charge on any atom is 0.140 e. The van der Waals surface area contributed by atoms with Gasteiger partial charge < -0.3 is 14.6 Å². The number of rotatable bonds is 5. The fourth-order valence-electron chi connectivity index (χ4n) is 2.11. The van der Waals surface area contributed by atoms with Crippen molar-refractivity contribution in [3.8, 4) is 5.75 Å². The number of benzene rings is 1. The summed E-state index contributed by atoms with van der Waals surface area (Å²) in [5.74, 6) is 0.658. The van der Waals surface area contributed by atoms with Gasteiger partial charge in [-0.1, -0.05) is 23.7 Å². The average Bonchev–Trinajstić information content (AvgIpc) is 2.39. The minimum Gasteiger partial charge on any atom is -0.489 e. The van der Waals surface area contributed by atoms with Crippen LogP contribution in [0.2, 0.25) is 5.02 Å². The van der Waals surface area contributed by atoms with Gasteiger partial charge in [-0.15, -0.1) is 0 Å². The molecule has 1 aliphatic heterocycles. The molecule has 1 aromatic rings. The highest BCUT2D eigenvalue weighted by Gasteiger charge is 2.16. The SMILES string of the molecule is Cc1cccc(Cl)c1OCC(O)CN1CCOCC1. The van der Waals surface area contributed by atoms with Crippen LogP contribution in [0.5, 0.6) is 5.75 Å². The smallest absolute Gasteiger partial charge is 0.140 e. The van der Waals surface area contributed by atoms with E-state index in [0.717, 1.165) is 31.9 Å². The van der Waals surface area contributed by atoms with E-state index in [1.807, 2.05) is 19.1 Å². The number of halogens is 1. The van der Waals surface area contributed by atoms with Gasteiger partial charge in [0.15, 0.2) is 0 Å². The van der Waals surface area contributed by atoms with Crippen LogP contribution in [0.3, 0.4) is 0 Å². The molecular formula is C14H20ClNO3. The first kappa shape index (κ1) is 14.6. The maximum atomic E-state index is 9.99. The number of aliphatic hydroxyl groups is 1. The molecule has 19 heavy (non-hydrogen) atoms. The third-order valence-electron chi connectivity index (χ3n) is 3.16. The monoisotopic (exact) mass is 285 g/mol. The van der Waals surface area contributed by atoms with Gasteiger partial charge in [-0.2, -0.15) is 0 Å². The Labute approximate surface area is 118 Å². The molecule has 1 unspecified atom stereocenters. The number of β-amino-alcohol motifs (C(OH)–C–C–N with tert-alkyl or cyclic N) is 1. The Morgan fingerprint density at radius 2 is 2.16 bits per heavy atom. The zero-order valence-electron chi connectivity index (χ0n) is 11.1. The molecule has 1 N–H and O–H groups in total. The van der Waals surface area contributed by atoms with E-state index in [-0.39, 0.29) is 6.61 Å². The third kappa shape index (κ3) is 4.35. The highest BCUT2D eigenvalue weighted by atomic mass is 35.5. The highest BCUT2D eigenvalue weighted by Crippen LogP contribution is 2.27. The molecule has 0 saturated carbocycles. The largest absolute Gasteiger partial charge is 0.489 e. The fourth-order valence-corrected chi connectivity index (χ4v) is 2.39. The summed E-state index contributed by atoms with van der Waals surface area (Å²) in [6.07, 6.45) is -0.520. The predicted molar refractivity (Wildman–Crippen MR) is 74.9 cm³/mol. The number of nitrogens with zero attached hydrogens (tertiary/aromatic N) is 1. The molecule has 0 spiro atoms.